The van der Waals surface area contributed by atoms with Gasteiger partial charge in [-0.1, -0.05) is 26.0 Å². The van der Waals surface area contributed by atoms with Gasteiger partial charge in [0.2, 0.25) is 5.95 Å². The fraction of sp³-hybridized carbons (Fsp3) is 0.391. The van der Waals surface area contributed by atoms with Crippen LogP contribution in [0.1, 0.15) is 37.2 Å². The molecule has 0 fully saturated rings. The summed E-state index contributed by atoms with van der Waals surface area (Å²) < 4.78 is 19.4. The Morgan fingerprint density at radius 2 is 1.75 bits per heavy atom. The molecule has 3 heterocycles. The lowest BCUT2D eigenvalue weighted by Gasteiger charge is -2.13. The zero-order chi connectivity index (χ0) is 23.2. The van der Waals surface area contributed by atoms with E-state index in [4.69, 9.17) is 0 Å². The Morgan fingerprint density at radius 3 is 2.34 bits per heavy atom. The average Bonchev–Trinajstić information content (AvgIpc) is 3.28. The molecule has 0 aliphatic carbocycles. The highest BCUT2D eigenvalue weighted by molar-refractivity contribution is 5.72. The zero-order valence-electron chi connectivity index (χ0n) is 19.0. The van der Waals surface area contributed by atoms with Crippen molar-refractivity contribution in [1.82, 2.24) is 28.5 Å². The maximum atomic E-state index is 13.6. The van der Waals surface area contributed by atoms with Crippen LogP contribution in [0, 0.1) is 25.6 Å². The van der Waals surface area contributed by atoms with E-state index in [0.29, 0.717) is 35.1 Å². The summed E-state index contributed by atoms with van der Waals surface area (Å²) in [5.41, 5.74) is 2.18. The summed E-state index contributed by atoms with van der Waals surface area (Å²) in [5, 5.41) is 4.55. The van der Waals surface area contributed by atoms with Crippen molar-refractivity contribution in [3.05, 3.63) is 73.9 Å². The van der Waals surface area contributed by atoms with Gasteiger partial charge in [-0.3, -0.25) is 13.9 Å². The number of hydrogen-bond donors (Lipinski definition) is 0. The minimum atomic E-state index is -0.472. The van der Waals surface area contributed by atoms with Gasteiger partial charge in [0, 0.05) is 19.3 Å². The van der Waals surface area contributed by atoms with E-state index in [2.05, 4.69) is 23.9 Å². The smallest absolute Gasteiger partial charge is 0.302 e. The lowest BCUT2D eigenvalue weighted by molar-refractivity contribution is 0.512. The number of hydrogen-bond acceptors (Lipinski definition) is 4. The van der Waals surface area contributed by atoms with E-state index in [9.17, 15) is 14.0 Å². The molecule has 32 heavy (non-hydrogen) atoms. The van der Waals surface area contributed by atoms with Crippen LogP contribution in [0.15, 0.2) is 39.9 Å². The second-order valence-electron chi connectivity index (χ2n) is 8.62. The highest BCUT2D eigenvalue weighted by atomic mass is 19.1. The first-order valence-electron chi connectivity index (χ1n) is 10.7. The van der Waals surface area contributed by atoms with Gasteiger partial charge in [-0.15, -0.1) is 0 Å². The molecule has 0 amide bonds. The van der Waals surface area contributed by atoms with Crippen LogP contribution in [0.3, 0.4) is 0 Å². The number of aromatic nitrogens is 6. The first kappa shape index (κ1) is 21.7. The number of halogens is 1. The molecule has 0 radical (unpaired) electrons. The molecule has 0 spiro atoms. The van der Waals surface area contributed by atoms with E-state index < -0.39 is 11.2 Å². The fourth-order valence-electron chi connectivity index (χ4n) is 3.86. The molecule has 0 N–H and O–H groups in total. The van der Waals surface area contributed by atoms with Gasteiger partial charge >= 0.3 is 5.69 Å². The van der Waals surface area contributed by atoms with E-state index in [1.54, 1.807) is 23.9 Å². The van der Waals surface area contributed by atoms with Crippen LogP contribution in [-0.4, -0.2) is 28.5 Å². The molecule has 4 rings (SSSR count). The highest BCUT2D eigenvalue weighted by Crippen LogP contribution is 2.19. The number of rotatable bonds is 6. The third-order valence-corrected chi connectivity index (χ3v) is 5.60. The third kappa shape index (κ3) is 3.79. The minimum Gasteiger partial charge on any atom is -0.302 e. The molecule has 4 aromatic rings. The van der Waals surface area contributed by atoms with E-state index in [1.807, 2.05) is 24.5 Å². The SMILES string of the molecule is Cc1cc(C)n(-c2nc3c(c(=O)n(Cc4ccc(F)cc4)c(=O)n3C)n2CCC(C)C)n1. The average molecular weight is 439 g/mol. The second kappa shape index (κ2) is 8.22. The summed E-state index contributed by atoms with van der Waals surface area (Å²) >= 11 is 0. The molecule has 0 bridgehead atoms. The lowest BCUT2D eigenvalue weighted by atomic mass is 10.1. The topological polar surface area (TPSA) is 79.6 Å². The molecule has 9 heteroatoms. The molecule has 8 nitrogen and oxygen atoms in total. The Bertz CT molecular complexity index is 1410. The molecule has 0 saturated heterocycles. The van der Waals surface area contributed by atoms with Crippen molar-refractivity contribution in [2.24, 2.45) is 13.0 Å². The number of benzene rings is 1. The van der Waals surface area contributed by atoms with Gasteiger partial charge in [0.15, 0.2) is 11.2 Å². The van der Waals surface area contributed by atoms with Crippen molar-refractivity contribution >= 4 is 11.2 Å². The Morgan fingerprint density at radius 1 is 1.06 bits per heavy atom. The molecule has 0 atom stereocenters. The van der Waals surface area contributed by atoms with Gasteiger partial charge in [0.25, 0.3) is 5.56 Å². The van der Waals surface area contributed by atoms with Gasteiger partial charge in [0.1, 0.15) is 5.82 Å². The van der Waals surface area contributed by atoms with E-state index in [-0.39, 0.29) is 12.4 Å². The minimum absolute atomic E-state index is 0.0479. The largest absolute Gasteiger partial charge is 0.332 e. The summed E-state index contributed by atoms with van der Waals surface area (Å²) in [5.74, 6) is 0.554. The maximum Gasteiger partial charge on any atom is 0.332 e. The first-order valence-corrected chi connectivity index (χ1v) is 10.7. The number of fused-ring (bicyclic) bond motifs is 1. The maximum absolute atomic E-state index is 13.6. The Labute approximate surface area is 184 Å². The molecule has 0 aliphatic rings. The van der Waals surface area contributed by atoms with Crippen molar-refractivity contribution in [2.45, 2.75) is 47.2 Å². The van der Waals surface area contributed by atoms with Crippen LogP contribution in [0.4, 0.5) is 4.39 Å². The van der Waals surface area contributed by atoms with E-state index >= 15 is 0 Å². The molecule has 0 aliphatic heterocycles. The Balaban J connectivity index is 1.98. The molecule has 0 saturated carbocycles. The predicted molar refractivity (Wildman–Crippen MR) is 121 cm³/mol. The lowest BCUT2D eigenvalue weighted by Crippen LogP contribution is -2.40. The quantitative estimate of drug-likeness (QED) is 0.464. The van der Waals surface area contributed by atoms with Gasteiger partial charge in [-0.25, -0.2) is 13.9 Å². The van der Waals surface area contributed by atoms with Crippen molar-refractivity contribution in [1.29, 1.82) is 0 Å². The van der Waals surface area contributed by atoms with Crippen LogP contribution in [0.25, 0.3) is 17.1 Å². The van der Waals surface area contributed by atoms with Crippen LogP contribution in [0.5, 0.6) is 0 Å². The molecular formula is C23H27FN6O2. The Hall–Kier alpha value is -3.49. The molecule has 168 valence electrons. The summed E-state index contributed by atoms with van der Waals surface area (Å²) in [6, 6.07) is 7.72. The van der Waals surface area contributed by atoms with Gasteiger partial charge in [-0.2, -0.15) is 10.1 Å². The van der Waals surface area contributed by atoms with Gasteiger partial charge < -0.3 is 4.57 Å². The van der Waals surface area contributed by atoms with Crippen LogP contribution < -0.4 is 11.2 Å². The Kier molecular flexibility index (Phi) is 5.58. The standard InChI is InChI=1S/C23H27FN6O2/c1-14(2)10-11-28-19-20(25-22(28)30-16(4)12-15(3)26-30)27(5)23(32)29(21(19)31)13-17-6-8-18(24)9-7-17/h6-9,12,14H,10-11,13H2,1-5H3. The number of nitrogens with zero attached hydrogens (tertiary/aromatic N) is 6. The van der Waals surface area contributed by atoms with Gasteiger partial charge in [0.05, 0.1) is 12.2 Å². The van der Waals surface area contributed by atoms with E-state index in [0.717, 1.165) is 17.8 Å². The molecular weight excluding hydrogens is 411 g/mol. The van der Waals surface area contributed by atoms with Crippen LogP contribution >= 0.6 is 0 Å². The summed E-state index contributed by atoms with van der Waals surface area (Å²) in [6.07, 6.45) is 0.831. The monoisotopic (exact) mass is 438 g/mol. The van der Waals surface area contributed by atoms with Crippen molar-refractivity contribution in [3.63, 3.8) is 0 Å². The van der Waals surface area contributed by atoms with Crippen LogP contribution in [0.2, 0.25) is 0 Å². The second-order valence-corrected chi connectivity index (χ2v) is 8.62. The zero-order valence-corrected chi connectivity index (χ0v) is 19.0. The number of imidazole rings is 1. The summed E-state index contributed by atoms with van der Waals surface area (Å²) in [4.78, 5) is 31.3. The normalized spacial score (nSPS) is 11.7. The van der Waals surface area contributed by atoms with Crippen molar-refractivity contribution < 1.29 is 4.39 Å². The van der Waals surface area contributed by atoms with Crippen molar-refractivity contribution in [2.75, 3.05) is 0 Å². The molecule has 1 aromatic carbocycles. The summed E-state index contributed by atoms with van der Waals surface area (Å²) in [7, 11) is 1.61. The predicted octanol–water partition coefficient (Wildman–Crippen LogP) is 2.93. The third-order valence-electron chi connectivity index (χ3n) is 5.60. The van der Waals surface area contributed by atoms with Crippen molar-refractivity contribution in [3.8, 4) is 5.95 Å². The first-order chi connectivity index (χ1) is 15.2. The number of aryl methyl sites for hydroxylation is 4. The summed E-state index contributed by atoms with van der Waals surface area (Å²) in [6.45, 7) is 8.67. The molecule has 3 aromatic heterocycles. The van der Waals surface area contributed by atoms with Gasteiger partial charge in [-0.05, 0) is 49.9 Å². The van der Waals surface area contributed by atoms with E-state index in [1.165, 1.54) is 21.3 Å². The molecule has 0 unspecified atom stereocenters. The fourth-order valence-corrected chi connectivity index (χ4v) is 3.86. The van der Waals surface area contributed by atoms with Crippen LogP contribution in [-0.2, 0) is 20.1 Å². The highest BCUT2D eigenvalue weighted by Gasteiger charge is 2.22.